The molecule has 6 heteroatoms. The van der Waals surface area contributed by atoms with Gasteiger partial charge in [0, 0.05) is 17.6 Å². The van der Waals surface area contributed by atoms with Gasteiger partial charge in [-0.2, -0.15) is 0 Å². The minimum atomic E-state index is -0.173. The maximum absolute atomic E-state index is 9.54. The molecule has 1 aliphatic rings. The quantitative estimate of drug-likeness (QED) is 0.554. The molecular weight excluding hydrogens is 236 g/mol. The first kappa shape index (κ1) is 12.8. The number of anilines is 1. The minimum absolute atomic E-state index is 0.173. The van der Waals surface area contributed by atoms with Crippen LogP contribution in [0.3, 0.4) is 0 Å². The Labute approximate surface area is 106 Å². The molecule has 1 saturated heterocycles. The minimum Gasteiger partial charge on any atom is -0.393 e. The van der Waals surface area contributed by atoms with Crippen LogP contribution in [0.25, 0.3) is 0 Å². The SMILES string of the molecule is CC(O)C1CCN(Cc2cnc(NN)s2)CC1. The zero-order valence-electron chi connectivity index (χ0n) is 10.1. The van der Waals surface area contributed by atoms with Gasteiger partial charge in [0.2, 0.25) is 0 Å². The Balaban J connectivity index is 1.81. The fourth-order valence-electron chi connectivity index (χ4n) is 2.26. The Hall–Kier alpha value is -0.690. The predicted octanol–water partition coefficient (Wildman–Crippen LogP) is 1.02. The number of hydrogen-bond donors (Lipinski definition) is 3. The highest BCUT2D eigenvalue weighted by Crippen LogP contribution is 2.24. The predicted molar refractivity (Wildman–Crippen MR) is 69.6 cm³/mol. The summed E-state index contributed by atoms with van der Waals surface area (Å²) in [7, 11) is 0. The Morgan fingerprint density at radius 3 is 2.88 bits per heavy atom. The standard InChI is InChI=1S/C11H20N4OS/c1-8(16)9-2-4-15(5-3-9)7-10-6-13-11(14-12)17-10/h6,8-9,16H,2-5,7,12H2,1H3,(H,13,14). The molecule has 0 spiro atoms. The third kappa shape index (κ3) is 3.38. The monoisotopic (exact) mass is 256 g/mol. The van der Waals surface area contributed by atoms with E-state index in [-0.39, 0.29) is 6.10 Å². The van der Waals surface area contributed by atoms with Crippen LogP contribution in [0.5, 0.6) is 0 Å². The van der Waals surface area contributed by atoms with E-state index in [1.807, 2.05) is 13.1 Å². The molecule has 0 saturated carbocycles. The summed E-state index contributed by atoms with van der Waals surface area (Å²) in [5.41, 5.74) is 2.56. The van der Waals surface area contributed by atoms with Crippen molar-refractivity contribution in [1.29, 1.82) is 0 Å². The molecule has 1 aliphatic heterocycles. The summed E-state index contributed by atoms with van der Waals surface area (Å²) in [6.07, 6.45) is 3.87. The highest BCUT2D eigenvalue weighted by atomic mass is 32.1. The van der Waals surface area contributed by atoms with Crippen molar-refractivity contribution in [2.24, 2.45) is 11.8 Å². The van der Waals surface area contributed by atoms with Gasteiger partial charge >= 0.3 is 0 Å². The molecule has 17 heavy (non-hydrogen) atoms. The van der Waals surface area contributed by atoms with E-state index in [2.05, 4.69) is 15.3 Å². The number of hydrazine groups is 1. The van der Waals surface area contributed by atoms with Crippen molar-refractivity contribution in [3.8, 4) is 0 Å². The molecule has 0 aliphatic carbocycles. The van der Waals surface area contributed by atoms with Crippen molar-refractivity contribution in [2.45, 2.75) is 32.4 Å². The third-order valence-electron chi connectivity index (χ3n) is 3.37. The second-order valence-corrected chi connectivity index (χ2v) is 5.75. The number of nitrogens with one attached hydrogen (secondary N) is 1. The van der Waals surface area contributed by atoms with Gasteiger partial charge in [0.1, 0.15) is 0 Å². The number of thiazole rings is 1. The molecule has 0 aromatic carbocycles. The van der Waals surface area contributed by atoms with E-state index in [0.717, 1.165) is 37.6 Å². The number of aliphatic hydroxyl groups is 1. The molecule has 1 unspecified atom stereocenters. The Morgan fingerprint density at radius 1 is 1.65 bits per heavy atom. The number of hydrogen-bond acceptors (Lipinski definition) is 6. The molecule has 1 aromatic rings. The molecule has 2 heterocycles. The summed E-state index contributed by atoms with van der Waals surface area (Å²) >= 11 is 1.60. The highest BCUT2D eigenvalue weighted by Gasteiger charge is 2.22. The summed E-state index contributed by atoms with van der Waals surface area (Å²) in [6.45, 7) is 4.94. The number of piperidine rings is 1. The lowest BCUT2D eigenvalue weighted by atomic mass is 9.92. The van der Waals surface area contributed by atoms with Crippen LogP contribution in [-0.4, -0.2) is 34.2 Å². The largest absolute Gasteiger partial charge is 0.393 e. The molecule has 4 N–H and O–H groups in total. The summed E-state index contributed by atoms with van der Waals surface area (Å²) in [5, 5.41) is 10.3. The third-order valence-corrected chi connectivity index (χ3v) is 4.28. The molecule has 5 nitrogen and oxygen atoms in total. The van der Waals surface area contributed by atoms with E-state index in [9.17, 15) is 5.11 Å². The first-order chi connectivity index (χ1) is 8.19. The molecule has 1 fully saturated rings. The van der Waals surface area contributed by atoms with Crippen LogP contribution in [0.15, 0.2) is 6.20 Å². The molecular formula is C11H20N4OS. The second kappa shape index (κ2) is 5.77. The summed E-state index contributed by atoms with van der Waals surface area (Å²) in [4.78, 5) is 7.80. The van der Waals surface area contributed by atoms with Crippen molar-refractivity contribution < 1.29 is 5.11 Å². The van der Waals surface area contributed by atoms with Crippen LogP contribution in [0.1, 0.15) is 24.6 Å². The number of rotatable bonds is 4. The number of nitrogen functional groups attached to an aromatic ring is 1. The van der Waals surface area contributed by atoms with E-state index in [1.165, 1.54) is 4.88 Å². The zero-order chi connectivity index (χ0) is 12.3. The van der Waals surface area contributed by atoms with Gasteiger partial charge in [0.05, 0.1) is 6.10 Å². The van der Waals surface area contributed by atoms with Gasteiger partial charge < -0.3 is 5.11 Å². The molecule has 2 rings (SSSR count). The first-order valence-electron chi connectivity index (χ1n) is 6.01. The number of nitrogens with zero attached hydrogens (tertiary/aromatic N) is 2. The van der Waals surface area contributed by atoms with Gasteiger partial charge in [-0.1, -0.05) is 11.3 Å². The number of aromatic nitrogens is 1. The van der Waals surface area contributed by atoms with Gasteiger partial charge in [-0.05, 0) is 38.8 Å². The maximum Gasteiger partial charge on any atom is 0.197 e. The van der Waals surface area contributed by atoms with Crippen molar-refractivity contribution in [3.05, 3.63) is 11.1 Å². The molecule has 1 aromatic heterocycles. The van der Waals surface area contributed by atoms with Crippen molar-refractivity contribution in [2.75, 3.05) is 18.5 Å². The second-order valence-electron chi connectivity index (χ2n) is 4.63. The summed E-state index contributed by atoms with van der Waals surface area (Å²) in [5.74, 6) is 5.77. The smallest absolute Gasteiger partial charge is 0.197 e. The van der Waals surface area contributed by atoms with Crippen LogP contribution >= 0.6 is 11.3 Å². The van der Waals surface area contributed by atoms with Gasteiger partial charge in [-0.15, -0.1) is 0 Å². The van der Waals surface area contributed by atoms with E-state index in [0.29, 0.717) is 5.92 Å². The van der Waals surface area contributed by atoms with E-state index < -0.39 is 0 Å². The van der Waals surface area contributed by atoms with Crippen LogP contribution in [0.2, 0.25) is 0 Å². The average molecular weight is 256 g/mol. The van der Waals surface area contributed by atoms with Crippen LogP contribution in [0, 0.1) is 5.92 Å². The van der Waals surface area contributed by atoms with Crippen LogP contribution in [-0.2, 0) is 6.54 Å². The fourth-order valence-corrected chi connectivity index (χ4v) is 3.03. The van der Waals surface area contributed by atoms with Gasteiger partial charge in [-0.25, -0.2) is 10.8 Å². The maximum atomic E-state index is 9.54. The van der Waals surface area contributed by atoms with Gasteiger partial charge in [0.25, 0.3) is 0 Å². The average Bonchev–Trinajstić information content (AvgIpc) is 2.77. The molecule has 1 atom stereocenters. The Bertz CT molecular complexity index is 347. The fraction of sp³-hybridized carbons (Fsp3) is 0.727. The Morgan fingerprint density at radius 2 is 2.35 bits per heavy atom. The van der Waals surface area contributed by atoms with E-state index >= 15 is 0 Å². The molecule has 0 radical (unpaired) electrons. The number of likely N-dealkylation sites (tertiary alicyclic amines) is 1. The molecule has 0 bridgehead atoms. The lowest BCUT2D eigenvalue weighted by molar-refractivity contribution is 0.0698. The zero-order valence-corrected chi connectivity index (χ0v) is 10.9. The van der Waals surface area contributed by atoms with Gasteiger partial charge in [0.15, 0.2) is 5.13 Å². The van der Waals surface area contributed by atoms with Gasteiger partial charge in [-0.3, -0.25) is 10.3 Å². The normalized spacial score (nSPS) is 20.4. The topological polar surface area (TPSA) is 74.4 Å². The number of aliphatic hydroxyl groups excluding tert-OH is 1. The summed E-state index contributed by atoms with van der Waals surface area (Å²) in [6, 6.07) is 0. The van der Waals surface area contributed by atoms with Crippen LogP contribution < -0.4 is 11.3 Å². The molecule has 96 valence electrons. The van der Waals surface area contributed by atoms with Crippen molar-refractivity contribution in [3.63, 3.8) is 0 Å². The van der Waals surface area contributed by atoms with Crippen molar-refractivity contribution in [1.82, 2.24) is 9.88 Å². The Kier molecular flexibility index (Phi) is 4.33. The lowest BCUT2D eigenvalue weighted by Gasteiger charge is -2.32. The highest BCUT2D eigenvalue weighted by molar-refractivity contribution is 7.15. The van der Waals surface area contributed by atoms with Crippen LogP contribution in [0.4, 0.5) is 5.13 Å². The van der Waals surface area contributed by atoms with E-state index in [4.69, 9.17) is 5.84 Å². The lowest BCUT2D eigenvalue weighted by Crippen LogP contribution is -2.36. The summed E-state index contributed by atoms with van der Waals surface area (Å²) < 4.78 is 0. The van der Waals surface area contributed by atoms with Crippen molar-refractivity contribution >= 4 is 16.5 Å². The van der Waals surface area contributed by atoms with E-state index in [1.54, 1.807) is 11.3 Å². The molecule has 0 amide bonds. The first-order valence-corrected chi connectivity index (χ1v) is 6.82. The number of nitrogens with two attached hydrogens (primary N) is 1.